The molecule has 0 aliphatic rings. The molecule has 0 amide bonds. The van der Waals surface area contributed by atoms with Crippen LogP contribution < -0.4 is 0 Å². The molecule has 0 fully saturated rings. The van der Waals surface area contributed by atoms with E-state index >= 15 is 0 Å². The number of aliphatic hydroxyl groups is 6. The van der Waals surface area contributed by atoms with E-state index in [1.165, 1.54) is 0 Å². The Morgan fingerprint density at radius 2 is 1.11 bits per heavy atom. The van der Waals surface area contributed by atoms with Crippen LogP contribution in [0, 0.1) is 0 Å². The average Bonchev–Trinajstić information content (AvgIpc) is 2.44. The normalized spacial score (nSPS) is 18.1. The lowest BCUT2D eigenvalue weighted by atomic mass is 10.1. The van der Waals surface area contributed by atoms with Gasteiger partial charge >= 0.3 is 0 Å². The second kappa shape index (κ2) is 6.69. The summed E-state index contributed by atoms with van der Waals surface area (Å²) in [6.07, 6.45) is -3.33. The van der Waals surface area contributed by atoms with Crippen molar-refractivity contribution in [3.05, 3.63) is 23.8 Å². The first-order valence-corrected chi connectivity index (χ1v) is 5.27. The first-order chi connectivity index (χ1) is 8.51. The molecule has 0 saturated carbocycles. The van der Waals surface area contributed by atoms with Crippen LogP contribution >= 0.6 is 0 Å². The van der Waals surface area contributed by atoms with E-state index in [1.54, 1.807) is 0 Å². The quantitative estimate of drug-likeness (QED) is 0.322. The van der Waals surface area contributed by atoms with E-state index in [1.807, 2.05) is 0 Å². The van der Waals surface area contributed by atoms with Crippen LogP contribution in [0.5, 0.6) is 0 Å². The van der Waals surface area contributed by atoms with Crippen molar-refractivity contribution >= 4 is 0 Å². The van der Waals surface area contributed by atoms with Crippen LogP contribution in [-0.4, -0.2) is 66.0 Å². The summed E-state index contributed by atoms with van der Waals surface area (Å²) in [5.74, 6) is 0. The van der Waals surface area contributed by atoms with Crippen molar-refractivity contribution in [2.24, 2.45) is 0 Å². The van der Waals surface area contributed by atoms with Gasteiger partial charge in [-0.3, -0.25) is 9.97 Å². The summed E-state index contributed by atoms with van der Waals surface area (Å²) in [4.78, 5) is 7.50. The van der Waals surface area contributed by atoms with Crippen LogP contribution in [0.3, 0.4) is 0 Å². The van der Waals surface area contributed by atoms with Gasteiger partial charge in [0.05, 0.1) is 37.0 Å². The van der Waals surface area contributed by atoms with Crippen LogP contribution in [0.4, 0.5) is 0 Å². The van der Waals surface area contributed by atoms with Crippen LogP contribution in [0.1, 0.15) is 23.6 Å². The Kier molecular flexibility index (Phi) is 5.54. The Labute approximate surface area is 103 Å². The summed E-state index contributed by atoms with van der Waals surface area (Å²) in [5, 5.41) is 54.7. The molecule has 0 saturated heterocycles. The van der Waals surface area contributed by atoms with Crippen molar-refractivity contribution in [1.82, 2.24) is 9.97 Å². The summed E-state index contributed by atoms with van der Waals surface area (Å²) in [7, 11) is 0. The van der Waals surface area contributed by atoms with Crippen LogP contribution in [-0.2, 0) is 0 Å². The lowest BCUT2D eigenvalue weighted by Gasteiger charge is -2.17. The van der Waals surface area contributed by atoms with Crippen molar-refractivity contribution < 1.29 is 30.6 Å². The molecule has 102 valence electrons. The number of hydrogen-bond donors (Lipinski definition) is 6. The zero-order valence-corrected chi connectivity index (χ0v) is 9.46. The molecular weight excluding hydrogens is 244 g/mol. The van der Waals surface area contributed by atoms with Gasteiger partial charge in [0, 0.05) is 0 Å². The van der Waals surface area contributed by atoms with Gasteiger partial charge in [-0.2, -0.15) is 0 Å². The lowest BCUT2D eigenvalue weighted by Crippen LogP contribution is -2.25. The first kappa shape index (κ1) is 14.9. The second-order valence-electron chi connectivity index (χ2n) is 3.76. The largest absolute Gasteiger partial charge is 0.394 e. The van der Waals surface area contributed by atoms with Gasteiger partial charge in [0.25, 0.3) is 0 Å². The topological polar surface area (TPSA) is 147 Å². The van der Waals surface area contributed by atoms with Gasteiger partial charge in [0.2, 0.25) is 0 Å². The highest BCUT2D eigenvalue weighted by molar-refractivity contribution is 5.09. The summed E-state index contributed by atoms with van der Waals surface area (Å²) < 4.78 is 0. The molecule has 0 aromatic carbocycles. The highest BCUT2D eigenvalue weighted by Gasteiger charge is 2.22. The van der Waals surface area contributed by atoms with Crippen molar-refractivity contribution in [1.29, 1.82) is 0 Å². The van der Waals surface area contributed by atoms with Gasteiger partial charge in [0.1, 0.15) is 24.4 Å². The van der Waals surface area contributed by atoms with E-state index in [-0.39, 0.29) is 11.4 Å². The Balaban J connectivity index is 2.79. The fourth-order valence-corrected chi connectivity index (χ4v) is 1.25. The zero-order valence-electron chi connectivity index (χ0n) is 9.46. The maximum atomic E-state index is 9.51. The monoisotopic (exact) mass is 260 g/mol. The Hall–Kier alpha value is -1.16. The lowest BCUT2D eigenvalue weighted by molar-refractivity contribution is -0.0202. The van der Waals surface area contributed by atoms with Crippen molar-refractivity contribution in [2.75, 3.05) is 13.2 Å². The molecule has 0 aliphatic carbocycles. The SMILES string of the molecule is OCC(O)C(O)c1cnc(C(O)C(O)CO)cn1. The molecular formula is C10H16N2O6. The number of aromatic nitrogens is 2. The highest BCUT2D eigenvalue weighted by Crippen LogP contribution is 2.17. The smallest absolute Gasteiger partial charge is 0.126 e. The van der Waals surface area contributed by atoms with Crippen LogP contribution in [0.2, 0.25) is 0 Å². The van der Waals surface area contributed by atoms with E-state index in [4.69, 9.17) is 10.2 Å². The molecule has 8 nitrogen and oxygen atoms in total. The Morgan fingerprint density at radius 3 is 1.33 bits per heavy atom. The summed E-state index contributed by atoms with van der Waals surface area (Å²) in [6, 6.07) is 0. The number of hydrogen-bond acceptors (Lipinski definition) is 8. The minimum absolute atomic E-state index is 0.0194. The molecule has 6 N–H and O–H groups in total. The second-order valence-corrected chi connectivity index (χ2v) is 3.76. The Bertz CT molecular complexity index is 325. The molecule has 0 bridgehead atoms. The van der Waals surface area contributed by atoms with Gasteiger partial charge < -0.3 is 30.6 Å². The van der Waals surface area contributed by atoms with Crippen molar-refractivity contribution in [3.8, 4) is 0 Å². The number of rotatable bonds is 6. The molecule has 4 atom stereocenters. The molecule has 1 heterocycles. The van der Waals surface area contributed by atoms with Gasteiger partial charge in [-0.25, -0.2) is 0 Å². The summed E-state index contributed by atoms with van der Waals surface area (Å²) >= 11 is 0. The molecule has 0 radical (unpaired) electrons. The molecule has 1 aromatic rings. The fraction of sp³-hybridized carbons (Fsp3) is 0.600. The molecule has 8 heteroatoms. The number of aliphatic hydroxyl groups excluding tert-OH is 6. The zero-order chi connectivity index (χ0) is 13.7. The van der Waals surface area contributed by atoms with E-state index in [2.05, 4.69) is 9.97 Å². The summed E-state index contributed by atoms with van der Waals surface area (Å²) in [5.41, 5.74) is 0.0389. The van der Waals surface area contributed by atoms with Crippen LogP contribution in [0.25, 0.3) is 0 Å². The van der Waals surface area contributed by atoms with Gasteiger partial charge in [-0.15, -0.1) is 0 Å². The predicted molar refractivity (Wildman–Crippen MR) is 58.1 cm³/mol. The third-order valence-corrected chi connectivity index (χ3v) is 2.40. The molecule has 4 unspecified atom stereocenters. The Morgan fingerprint density at radius 1 is 0.778 bits per heavy atom. The molecule has 1 aromatic heterocycles. The maximum Gasteiger partial charge on any atom is 0.126 e. The van der Waals surface area contributed by atoms with Crippen LogP contribution in [0.15, 0.2) is 12.4 Å². The van der Waals surface area contributed by atoms with Crippen molar-refractivity contribution in [2.45, 2.75) is 24.4 Å². The van der Waals surface area contributed by atoms with E-state index in [0.717, 1.165) is 12.4 Å². The molecule has 18 heavy (non-hydrogen) atoms. The van der Waals surface area contributed by atoms with Crippen molar-refractivity contribution in [3.63, 3.8) is 0 Å². The van der Waals surface area contributed by atoms with Gasteiger partial charge in [-0.1, -0.05) is 0 Å². The first-order valence-electron chi connectivity index (χ1n) is 5.27. The number of nitrogens with zero attached hydrogens (tertiary/aromatic N) is 2. The summed E-state index contributed by atoms with van der Waals surface area (Å²) in [6.45, 7) is -1.26. The van der Waals surface area contributed by atoms with E-state index in [9.17, 15) is 20.4 Å². The third-order valence-electron chi connectivity index (χ3n) is 2.40. The molecule has 1 rings (SSSR count). The van der Waals surface area contributed by atoms with E-state index < -0.39 is 37.6 Å². The predicted octanol–water partition coefficient (Wildman–Crippen LogP) is -2.75. The standard InChI is InChI=1S/C10H16N2O6/c13-3-7(15)9(17)5-1-11-6(2-12-5)10(18)8(16)4-14/h1-2,7-10,13-18H,3-4H2. The van der Waals surface area contributed by atoms with E-state index in [0.29, 0.717) is 0 Å². The average molecular weight is 260 g/mol. The minimum atomic E-state index is -1.39. The van der Waals surface area contributed by atoms with Gasteiger partial charge in [-0.05, 0) is 0 Å². The minimum Gasteiger partial charge on any atom is -0.394 e. The third kappa shape index (κ3) is 3.42. The molecule has 0 spiro atoms. The fourth-order valence-electron chi connectivity index (χ4n) is 1.25. The maximum absolute atomic E-state index is 9.51. The highest BCUT2D eigenvalue weighted by atomic mass is 16.4. The molecule has 0 aliphatic heterocycles. The van der Waals surface area contributed by atoms with Gasteiger partial charge in [0.15, 0.2) is 0 Å².